The highest BCUT2D eigenvalue weighted by molar-refractivity contribution is 5.94. The number of benzene rings is 1. The summed E-state index contributed by atoms with van der Waals surface area (Å²) in [6.07, 6.45) is 1.14. The van der Waals surface area contributed by atoms with Gasteiger partial charge in [-0.1, -0.05) is 11.8 Å². The van der Waals surface area contributed by atoms with Crippen LogP contribution in [0, 0.1) is 17.7 Å². The van der Waals surface area contributed by atoms with Crippen molar-refractivity contribution in [3.63, 3.8) is 0 Å². The Labute approximate surface area is 116 Å². The molecular formula is C15H16FNO3. The number of carbonyl (C=O) groups is 1. The van der Waals surface area contributed by atoms with Crippen LogP contribution in [-0.2, 0) is 9.53 Å². The molecule has 1 saturated heterocycles. The Bertz CT molecular complexity index is 562. The number of hydrogen-bond acceptors (Lipinski definition) is 3. The van der Waals surface area contributed by atoms with Crippen LogP contribution >= 0.6 is 0 Å². The summed E-state index contributed by atoms with van der Waals surface area (Å²) in [5, 5.41) is 11.2. The van der Waals surface area contributed by atoms with E-state index in [0.717, 1.165) is 6.42 Å². The van der Waals surface area contributed by atoms with Crippen molar-refractivity contribution in [3.05, 3.63) is 29.6 Å². The second-order valence-electron chi connectivity index (χ2n) is 4.66. The highest BCUT2D eigenvalue weighted by atomic mass is 19.1. The monoisotopic (exact) mass is 277 g/mol. The maximum absolute atomic E-state index is 13.7. The second kappa shape index (κ2) is 6.51. The Morgan fingerprint density at radius 2 is 2.35 bits per heavy atom. The fourth-order valence-electron chi connectivity index (χ4n) is 2.05. The summed E-state index contributed by atoms with van der Waals surface area (Å²) < 4.78 is 19.1. The number of aliphatic hydroxyl groups is 1. The van der Waals surface area contributed by atoms with Gasteiger partial charge < -0.3 is 15.2 Å². The first-order chi connectivity index (χ1) is 9.60. The maximum Gasteiger partial charge on any atom is 0.253 e. The zero-order valence-electron chi connectivity index (χ0n) is 11.1. The molecule has 1 aromatic rings. The van der Waals surface area contributed by atoms with E-state index in [0.29, 0.717) is 12.1 Å². The zero-order chi connectivity index (χ0) is 14.5. The lowest BCUT2D eigenvalue weighted by Crippen LogP contribution is -2.27. The minimum Gasteiger partial charge on any atom is -0.384 e. The van der Waals surface area contributed by atoms with E-state index in [2.05, 4.69) is 17.2 Å². The molecule has 1 aromatic carbocycles. The molecule has 2 rings (SSSR count). The fraction of sp³-hybridized carbons (Fsp3) is 0.400. The van der Waals surface area contributed by atoms with Gasteiger partial charge in [0, 0.05) is 5.69 Å². The fourth-order valence-corrected chi connectivity index (χ4v) is 2.05. The number of nitrogens with one attached hydrogen (secondary N) is 1. The molecule has 2 unspecified atom stereocenters. The Morgan fingerprint density at radius 3 is 2.95 bits per heavy atom. The normalized spacial score (nSPS) is 21.1. The maximum atomic E-state index is 13.7. The van der Waals surface area contributed by atoms with E-state index in [1.165, 1.54) is 12.1 Å². The van der Waals surface area contributed by atoms with Gasteiger partial charge in [0.25, 0.3) is 5.91 Å². The largest absolute Gasteiger partial charge is 0.384 e. The van der Waals surface area contributed by atoms with Crippen LogP contribution in [0.1, 0.15) is 25.3 Å². The van der Waals surface area contributed by atoms with Gasteiger partial charge in [-0.15, -0.1) is 0 Å². The summed E-state index contributed by atoms with van der Waals surface area (Å²) >= 11 is 0. The number of rotatable bonds is 2. The van der Waals surface area contributed by atoms with E-state index in [1.54, 1.807) is 6.07 Å². The Balaban J connectivity index is 2.03. The van der Waals surface area contributed by atoms with Crippen LogP contribution in [0.4, 0.5) is 10.1 Å². The Hall–Kier alpha value is -1.90. The van der Waals surface area contributed by atoms with Gasteiger partial charge in [0.2, 0.25) is 0 Å². The minimum atomic E-state index is -0.538. The van der Waals surface area contributed by atoms with Gasteiger partial charge in [0.05, 0.1) is 11.7 Å². The van der Waals surface area contributed by atoms with Crippen molar-refractivity contribution in [2.75, 3.05) is 11.9 Å². The second-order valence-corrected chi connectivity index (χ2v) is 4.66. The van der Waals surface area contributed by atoms with Crippen molar-refractivity contribution in [2.45, 2.75) is 32.0 Å². The predicted molar refractivity (Wildman–Crippen MR) is 72.6 cm³/mol. The number of hydrogen-bond donors (Lipinski definition) is 2. The van der Waals surface area contributed by atoms with Gasteiger partial charge in [-0.2, -0.15) is 0 Å². The molecule has 0 aromatic heterocycles. The molecule has 1 heterocycles. The van der Waals surface area contributed by atoms with E-state index >= 15 is 0 Å². The average Bonchev–Trinajstić information content (AvgIpc) is 2.85. The van der Waals surface area contributed by atoms with Gasteiger partial charge in [-0.3, -0.25) is 4.79 Å². The Kier molecular flexibility index (Phi) is 4.72. The quantitative estimate of drug-likeness (QED) is 0.809. The number of ether oxygens (including phenoxy) is 1. The van der Waals surface area contributed by atoms with Gasteiger partial charge >= 0.3 is 0 Å². The van der Waals surface area contributed by atoms with Crippen LogP contribution in [0.3, 0.4) is 0 Å². The zero-order valence-corrected chi connectivity index (χ0v) is 11.1. The van der Waals surface area contributed by atoms with Crippen LogP contribution < -0.4 is 5.32 Å². The molecule has 4 nitrogen and oxygen atoms in total. The third-order valence-electron chi connectivity index (χ3n) is 3.06. The Morgan fingerprint density at radius 1 is 1.55 bits per heavy atom. The summed E-state index contributed by atoms with van der Waals surface area (Å²) in [5.74, 6) is 4.07. The van der Waals surface area contributed by atoms with Crippen LogP contribution in [0.5, 0.6) is 0 Å². The molecule has 0 radical (unpaired) electrons. The van der Waals surface area contributed by atoms with Crippen LogP contribution in [0.15, 0.2) is 18.2 Å². The smallest absolute Gasteiger partial charge is 0.253 e. The van der Waals surface area contributed by atoms with Gasteiger partial charge in [0.15, 0.2) is 0 Å². The topological polar surface area (TPSA) is 58.6 Å². The van der Waals surface area contributed by atoms with E-state index in [9.17, 15) is 9.18 Å². The molecule has 0 bridgehead atoms. The predicted octanol–water partition coefficient (Wildman–Crippen LogP) is 1.68. The standard InChI is InChI=1S/C15H16FNO3/c1-10-4-7-14(20-10)15(19)17-12-6-5-11(3-2-8-18)13(16)9-12/h5-6,9-10,14,18H,4,7-8H2,1H3,(H,17,19). The van der Waals surface area contributed by atoms with Crippen molar-refractivity contribution >= 4 is 11.6 Å². The average molecular weight is 277 g/mol. The summed E-state index contributed by atoms with van der Waals surface area (Å²) in [4.78, 5) is 11.9. The minimum absolute atomic E-state index is 0.0821. The molecule has 5 heteroatoms. The van der Waals surface area contributed by atoms with E-state index in [4.69, 9.17) is 9.84 Å². The van der Waals surface area contributed by atoms with Gasteiger partial charge in [-0.05, 0) is 38.0 Å². The molecule has 1 aliphatic rings. The van der Waals surface area contributed by atoms with Crippen molar-refractivity contribution in [1.82, 2.24) is 0 Å². The van der Waals surface area contributed by atoms with Crippen LogP contribution in [-0.4, -0.2) is 29.8 Å². The summed E-state index contributed by atoms with van der Waals surface area (Å²) in [6, 6.07) is 4.24. The summed E-state index contributed by atoms with van der Waals surface area (Å²) in [7, 11) is 0. The number of halogens is 1. The molecule has 0 aliphatic carbocycles. The lowest BCUT2D eigenvalue weighted by molar-refractivity contribution is -0.126. The van der Waals surface area contributed by atoms with Crippen LogP contribution in [0.2, 0.25) is 0 Å². The lowest BCUT2D eigenvalue weighted by atomic mass is 10.1. The van der Waals surface area contributed by atoms with Crippen LogP contribution in [0.25, 0.3) is 0 Å². The third kappa shape index (κ3) is 3.56. The van der Waals surface area contributed by atoms with Crippen molar-refractivity contribution in [3.8, 4) is 11.8 Å². The molecule has 2 N–H and O–H groups in total. The molecule has 20 heavy (non-hydrogen) atoms. The van der Waals surface area contributed by atoms with Gasteiger partial charge in [-0.25, -0.2) is 4.39 Å². The first kappa shape index (κ1) is 14.5. The SMILES string of the molecule is CC1CCC(C(=O)Nc2ccc(C#CCO)c(F)c2)O1. The lowest BCUT2D eigenvalue weighted by Gasteiger charge is -2.12. The van der Waals surface area contributed by atoms with E-state index in [-0.39, 0.29) is 24.2 Å². The van der Waals surface area contributed by atoms with Crippen molar-refractivity contribution < 1.29 is 19.0 Å². The first-order valence-corrected chi connectivity index (χ1v) is 6.45. The molecule has 2 atom stereocenters. The number of aliphatic hydroxyl groups excluding tert-OH is 1. The first-order valence-electron chi connectivity index (χ1n) is 6.45. The summed E-state index contributed by atoms with van der Waals surface area (Å²) in [5.41, 5.74) is 0.549. The van der Waals surface area contributed by atoms with E-state index < -0.39 is 11.9 Å². The number of anilines is 1. The summed E-state index contributed by atoms with van der Waals surface area (Å²) in [6.45, 7) is 1.59. The van der Waals surface area contributed by atoms with Crippen molar-refractivity contribution in [1.29, 1.82) is 0 Å². The number of carbonyl (C=O) groups excluding carboxylic acids is 1. The van der Waals surface area contributed by atoms with E-state index in [1.807, 2.05) is 6.92 Å². The molecule has 106 valence electrons. The molecule has 0 spiro atoms. The van der Waals surface area contributed by atoms with Gasteiger partial charge in [0.1, 0.15) is 18.5 Å². The van der Waals surface area contributed by atoms with Crippen molar-refractivity contribution in [2.24, 2.45) is 0 Å². The highest BCUT2D eigenvalue weighted by Crippen LogP contribution is 2.21. The molecule has 1 amide bonds. The molecule has 1 aliphatic heterocycles. The molecule has 1 fully saturated rings. The molecular weight excluding hydrogens is 261 g/mol. The third-order valence-corrected chi connectivity index (χ3v) is 3.06. The number of amides is 1. The highest BCUT2D eigenvalue weighted by Gasteiger charge is 2.28. The molecule has 0 saturated carbocycles.